The molecule has 1 N–H and O–H groups in total. The summed E-state index contributed by atoms with van der Waals surface area (Å²) in [5.41, 5.74) is 3.71. The number of H-pyrrole nitrogens is 1. The highest BCUT2D eigenvalue weighted by Crippen LogP contribution is 2.44. The molecular formula is C19H20N2O3. The van der Waals surface area contributed by atoms with E-state index in [1.54, 1.807) is 27.5 Å². The maximum absolute atomic E-state index is 5.59. The number of nitrogens with one attached hydrogen (secondary N) is 1. The van der Waals surface area contributed by atoms with Crippen molar-refractivity contribution in [3.63, 3.8) is 0 Å². The van der Waals surface area contributed by atoms with E-state index in [0.29, 0.717) is 11.5 Å². The van der Waals surface area contributed by atoms with E-state index in [2.05, 4.69) is 9.97 Å². The van der Waals surface area contributed by atoms with E-state index in [1.165, 1.54) is 0 Å². The predicted molar refractivity (Wildman–Crippen MR) is 93.9 cm³/mol. The second-order valence-corrected chi connectivity index (χ2v) is 5.33. The van der Waals surface area contributed by atoms with Gasteiger partial charge in [0.2, 0.25) is 0 Å². The van der Waals surface area contributed by atoms with Gasteiger partial charge in [0.1, 0.15) is 11.6 Å². The summed E-state index contributed by atoms with van der Waals surface area (Å²) in [6.45, 7) is 1.99. The Kier molecular flexibility index (Phi) is 4.42. The predicted octanol–water partition coefficient (Wildman–Crippen LogP) is 4.08. The summed E-state index contributed by atoms with van der Waals surface area (Å²) in [5.74, 6) is 2.80. The van der Waals surface area contributed by atoms with Crippen LogP contribution in [0.4, 0.5) is 0 Å². The molecule has 0 saturated heterocycles. The Morgan fingerprint density at radius 2 is 1.62 bits per heavy atom. The second kappa shape index (κ2) is 6.66. The van der Waals surface area contributed by atoms with Crippen molar-refractivity contribution in [3.8, 4) is 39.9 Å². The lowest BCUT2D eigenvalue weighted by molar-refractivity contribution is 0.349. The monoisotopic (exact) mass is 324 g/mol. The number of aromatic amines is 1. The number of nitrogens with zero attached hydrogens (tertiary/aromatic N) is 1. The van der Waals surface area contributed by atoms with Crippen LogP contribution in [0.25, 0.3) is 22.6 Å². The molecule has 0 aliphatic rings. The first-order valence-corrected chi connectivity index (χ1v) is 7.60. The zero-order chi connectivity index (χ0) is 17.1. The molecule has 0 unspecified atom stereocenters. The van der Waals surface area contributed by atoms with Gasteiger partial charge >= 0.3 is 0 Å². The minimum atomic E-state index is 0.616. The Hall–Kier alpha value is -2.95. The van der Waals surface area contributed by atoms with Gasteiger partial charge in [-0.15, -0.1) is 0 Å². The fraction of sp³-hybridized carbons (Fsp3) is 0.211. The number of aromatic nitrogens is 2. The van der Waals surface area contributed by atoms with Gasteiger partial charge < -0.3 is 19.2 Å². The smallest absolute Gasteiger partial charge is 0.170 e. The first-order valence-electron chi connectivity index (χ1n) is 7.60. The van der Waals surface area contributed by atoms with Crippen molar-refractivity contribution in [1.82, 2.24) is 9.97 Å². The lowest BCUT2D eigenvalue weighted by Gasteiger charge is -2.17. The van der Waals surface area contributed by atoms with E-state index in [9.17, 15) is 0 Å². The van der Waals surface area contributed by atoms with Gasteiger partial charge in [-0.3, -0.25) is 0 Å². The summed E-state index contributed by atoms with van der Waals surface area (Å²) in [7, 11) is 4.88. The molecule has 1 heterocycles. The highest BCUT2D eigenvalue weighted by molar-refractivity contribution is 5.78. The van der Waals surface area contributed by atoms with Crippen molar-refractivity contribution in [2.45, 2.75) is 6.92 Å². The van der Waals surface area contributed by atoms with Crippen LogP contribution in [0.2, 0.25) is 0 Å². The molecule has 5 heteroatoms. The Balaban J connectivity index is 2.17. The molecule has 0 fully saturated rings. The summed E-state index contributed by atoms with van der Waals surface area (Å²) in [4.78, 5) is 7.86. The molecule has 0 bridgehead atoms. The van der Waals surface area contributed by atoms with Gasteiger partial charge in [-0.1, -0.05) is 30.3 Å². The van der Waals surface area contributed by atoms with Crippen molar-refractivity contribution in [2.75, 3.05) is 21.3 Å². The third-order valence-corrected chi connectivity index (χ3v) is 3.99. The van der Waals surface area contributed by atoms with E-state index < -0.39 is 0 Å². The Labute approximate surface area is 141 Å². The number of rotatable bonds is 5. The average Bonchev–Trinajstić information content (AvgIpc) is 3.11. The molecule has 2 aromatic carbocycles. The standard InChI is InChI=1S/C19H20N2O3/c1-12-15(22-2)10-16(23-3)18(24-4)17(12)14-11-20-19(21-14)13-8-6-5-7-9-13/h5-11H,1-4H3,(H,20,21). The lowest BCUT2D eigenvalue weighted by Crippen LogP contribution is -1.99. The van der Waals surface area contributed by atoms with Gasteiger partial charge in [-0.2, -0.15) is 0 Å². The Morgan fingerprint density at radius 3 is 2.25 bits per heavy atom. The summed E-state index contributed by atoms with van der Waals surface area (Å²) >= 11 is 0. The van der Waals surface area contributed by atoms with E-state index >= 15 is 0 Å². The van der Waals surface area contributed by atoms with Crippen molar-refractivity contribution < 1.29 is 14.2 Å². The fourth-order valence-electron chi connectivity index (χ4n) is 2.79. The highest BCUT2D eigenvalue weighted by Gasteiger charge is 2.20. The Morgan fingerprint density at radius 1 is 0.917 bits per heavy atom. The molecular weight excluding hydrogens is 304 g/mol. The Bertz CT molecular complexity index is 841. The molecule has 124 valence electrons. The van der Waals surface area contributed by atoms with Gasteiger partial charge in [-0.05, 0) is 6.92 Å². The van der Waals surface area contributed by atoms with Gasteiger partial charge in [0.15, 0.2) is 11.5 Å². The SMILES string of the molecule is COc1cc(OC)c(OC)c(-c2cnc(-c3ccccc3)[nH]2)c1C. The summed E-state index contributed by atoms with van der Waals surface area (Å²) in [5, 5.41) is 0. The van der Waals surface area contributed by atoms with Gasteiger partial charge in [-0.25, -0.2) is 4.98 Å². The number of methoxy groups -OCH3 is 3. The first kappa shape index (κ1) is 15.9. The van der Waals surface area contributed by atoms with Crippen LogP contribution in [-0.4, -0.2) is 31.3 Å². The van der Waals surface area contributed by atoms with Crippen LogP contribution in [0.5, 0.6) is 17.2 Å². The van der Waals surface area contributed by atoms with Crippen LogP contribution < -0.4 is 14.2 Å². The molecule has 24 heavy (non-hydrogen) atoms. The minimum Gasteiger partial charge on any atom is -0.496 e. The first-order chi connectivity index (χ1) is 11.7. The zero-order valence-electron chi connectivity index (χ0n) is 14.2. The number of hydrogen-bond donors (Lipinski definition) is 1. The minimum absolute atomic E-state index is 0.616. The third-order valence-electron chi connectivity index (χ3n) is 3.99. The summed E-state index contributed by atoms with van der Waals surface area (Å²) in [6.07, 6.45) is 1.80. The lowest BCUT2D eigenvalue weighted by atomic mass is 10.0. The maximum Gasteiger partial charge on any atom is 0.170 e. The van der Waals surface area contributed by atoms with Crippen molar-refractivity contribution >= 4 is 0 Å². The topological polar surface area (TPSA) is 56.4 Å². The molecule has 0 aliphatic carbocycles. The fourth-order valence-corrected chi connectivity index (χ4v) is 2.79. The molecule has 5 nitrogen and oxygen atoms in total. The molecule has 0 radical (unpaired) electrons. The molecule has 0 spiro atoms. The second-order valence-electron chi connectivity index (χ2n) is 5.33. The molecule has 0 saturated carbocycles. The van der Waals surface area contributed by atoms with E-state index in [0.717, 1.165) is 34.0 Å². The van der Waals surface area contributed by atoms with Gasteiger partial charge in [0.05, 0.1) is 38.8 Å². The molecule has 0 amide bonds. The van der Waals surface area contributed by atoms with E-state index in [1.807, 2.05) is 43.3 Å². The normalized spacial score (nSPS) is 10.5. The summed E-state index contributed by atoms with van der Waals surface area (Å²) < 4.78 is 16.5. The van der Waals surface area contributed by atoms with Gasteiger partial charge in [0.25, 0.3) is 0 Å². The summed E-state index contributed by atoms with van der Waals surface area (Å²) in [6, 6.07) is 11.8. The average molecular weight is 324 g/mol. The maximum atomic E-state index is 5.59. The van der Waals surface area contributed by atoms with Crippen LogP contribution in [-0.2, 0) is 0 Å². The number of imidazole rings is 1. The molecule has 0 atom stereocenters. The number of benzene rings is 2. The van der Waals surface area contributed by atoms with Crippen LogP contribution in [0.1, 0.15) is 5.56 Å². The van der Waals surface area contributed by atoms with Crippen molar-refractivity contribution in [3.05, 3.63) is 48.2 Å². The van der Waals surface area contributed by atoms with Crippen LogP contribution >= 0.6 is 0 Å². The van der Waals surface area contributed by atoms with Crippen LogP contribution in [0, 0.1) is 6.92 Å². The number of hydrogen-bond acceptors (Lipinski definition) is 4. The van der Waals surface area contributed by atoms with Gasteiger partial charge in [0, 0.05) is 17.2 Å². The number of ether oxygens (including phenoxy) is 3. The van der Waals surface area contributed by atoms with Crippen LogP contribution in [0.15, 0.2) is 42.6 Å². The zero-order valence-corrected chi connectivity index (χ0v) is 14.2. The molecule has 3 rings (SSSR count). The third kappa shape index (κ3) is 2.69. The van der Waals surface area contributed by atoms with Crippen LogP contribution in [0.3, 0.4) is 0 Å². The molecule has 3 aromatic rings. The van der Waals surface area contributed by atoms with Crippen molar-refractivity contribution in [1.29, 1.82) is 0 Å². The molecule has 1 aromatic heterocycles. The highest BCUT2D eigenvalue weighted by atomic mass is 16.5. The largest absolute Gasteiger partial charge is 0.496 e. The quantitative estimate of drug-likeness (QED) is 0.768. The molecule has 0 aliphatic heterocycles. The van der Waals surface area contributed by atoms with E-state index in [-0.39, 0.29) is 0 Å². The van der Waals surface area contributed by atoms with Crippen molar-refractivity contribution in [2.24, 2.45) is 0 Å². The van der Waals surface area contributed by atoms with E-state index in [4.69, 9.17) is 14.2 Å².